The Morgan fingerprint density at radius 1 is 1.62 bits per heavy atom. The van der Waals surface area contributed by atoms with Crippen LogP contribution in [0.3, 0.4) is 0 Å². The van der Waals surface area contributed by atoms with Gasteiger partial charge in [0.15, 0.2) is 0 Å². The topological polar surface area (TPSA) is 73.8 Å². The Kier molecular flexibility index (Phi) is 5.33. The van der Waals surface area contributed by atoms with Gasteiger partial charge in [-0.05, 0) is 22.2 Å². The molecule has 0 aliphatic carbocycles. The second kappa shape index (κ2) is 6.29. The minimum Gasteiger partial charge on any atom is -0.390 e. The van der Waals surface area contributed by atoms with Gasteiger partial charge in [-0.15, -0.1) is 0 Å². The monoisotopic (exact) mass is 354 g/mol. The maximum atomic E-state index is 10.5. The van der Waals surface area contributed by atoms with Crippen LogP contribution in [0.15, 0.2) is 4.73 Å². The first-order chi connectivity index (χ1) is 7.58. The summed E-state index contributed by atoms with van der Waals surface area (Å²) in [5.74, 6) is 0.0410. The maximum Gasteiger partial charge on any atom is 0.492 e. The molecule has 0 aromatic carbocycles. The van der Waals surface area contributed by atoms with Crippen molar-refractivity contribution in [2.75, 3.05) is 5.33 Å². The Hall–Kier alpha value is -0.500. The Morgan fingerprint density at radius 2 is 2.31 bits per heavy atom. The number of hydrogen-bond acceptors (Lipinski definition) is 4. The van der Waals surface area contributed by atoms with Crippen LogP contribution in [0.2, 0.25) is 0 Å². The summed E-state index contributed by atoms with van der Waals surface area (Å²) >= 11 is 6.59. The van der Waals surface area contributed by atoms with Gasteiger partial charge < -0.3 is 10.1 Å². The molecular formula is C8H12Br2N4O2. The lowest BCUT2D eigenvalue weighted by Crippen LogP contribution is -2.13. The average Bonchev–Trinajstić information content (AvgIpc) is 2.60. The van der Waals surface area contributed by atoms with Crippen molar-refractivity contribution in [3.8, 4) is 0 Å². The molecule has 0 saturated heterocycles. The van der Waals surface area contributed by atoms with Crippen LogP contribution in [0, 0.1) is 16.0 Å². The summed E-state index contributed by atoms with van der Waals surface area (Å²) in [6, 6.07) is 0. The van der Waals surface area contributed by atoms with E-state index in [9.17, 15) is 10.1 Å². The molecule has 6 nitrogen and oxygen atoms in total. The maximum absolute atomic E-state index is 10.5. The number of aromatic nitrogens is 3. The predicted molar refractivity (Wildman–Crippen MR) is 66.6 cm³/mol. The second-order valence-corrected chi connectivity index (χ2v) is 4.79. The molecular weight excluding hydrogens is 344 g/mol. The third-order valence-electron chi connectivity index (χ3n) is 2.12. The molecule has 90 valence electrons. The lowest BCUT2D eigenvalue weighted by molar-refractivity contribution is -0.394. The summed E-state index contributed by atoms with van der Waals surface area (Å²) < 4.78 is 1.93. The van der Waals surface area contributed by atoms with E-state index in [2.05, 4.69) is 48.9 Å². The predicted octanol–water partition coefficient (Wildman–Crippen LogP) is 2.76. The smallest absolute Gasteiger partial charge is 0.390 e. The molecule has 0 amide bonds. The molecule has 0 radical (unpaired) electrons. The van der Waals surface area contributed by atoms with Crippen molar-refractivity contribution < 1.29 is 4.92 Å². The van der Waals surface area contributed by atoms with Gasteiger partial charge in [0.2, 0.25) is 0 Å². The molecule has 1 heterocycles. The lowest BCUT2D eigenvalue weighted by atomic mass is 10.1. The Bertz CT molecular complexity index is 369. The highest BCUT2D eigenvalue weighted by atomic mass is 79.9. The van der Waals surface area contributed by atoms with E-state index in [0.717, 1.165) is 18.2 Å². The van der Waals surface area contributed by atoms with E-state index in [1.54, 1.807) is 0 Å². The third kappa shape index (κ3) is 3.51. The van der Waals surface area contributed by atoms with Crippen LogP contribution in [-0.4, -0.2) is 25.0 Å². The molecule has 0 aliphatic rings. The molecule has 0 bridgehead atoms. The zero-order valence-electron chi connectivity index (χ0n) is 8.77. The summed E-state index contributed by atoms with van der Waals surface area (Å²) in [5.41, 5.74) is 0. The van der Waals surface area contributed by atoms with Crippen LogP contribution in [0.25, 0.3) is 0 Å². The van der Waals surface area contributed by atoms with Crippen LogP contribution in [-0.2, 0) is 6.54 Å². The molecule has 1 rings (SSSR count). The highest BCUT2D eigenvalue weighted by Gasteiger charge is 2.21. The van der Waals surface area contributed by atoms with Gasteiger partial charge in [0.25, 0.3) is 4.73 Å². The molecule has 1 unspecified atom stereocenters. The van der Waals surface area contributed by atoms with Crippen LogP contribution >= 0.6 is 31.9 Å². The Labute approximate surface area is 110 Å². The van der Waals surface area contributed by atoms with Gasteiger partial charge >= 0.3 is 5.95 Å². The van der Waals surface area contributed by atoms with E-state index in [1.165, 1.54) is 4.68 Å². The first-order valence-electron chi connectivity index (χ1n) is 4.89. The summed E-state index contributed by atoms with van der Waals surface area (Å²) in [6.07, 6.45) is 2.12. The summed E-state index contributed by atoms with van der Waals surface area (Å²) in [5, 5.41) is 15.2. The first kappa shape index (κ1) is 13.6. The Morgan fingerprint density at radius 3 is 2.75 bits per heavy atom. The van der Waals surface area contributed by atoms with E-state index in [0.29, 0.717) is 17.2 Å². The van der Waals surface area contributed by atoms with Crippen molar-refractivity contribution >= 4 is 37.8 Å². The lowest BCUT2D eigenvalue weighted by Gasteiger charge is -2.10. The molecule has 1 atom stereocenters. The van der Waals surface area contributed by atoms with Gasteiger partial charge in [0.05, 0.1) is 6.54 Å². The first-order valence-corrected chi connectivity index (χ1v) is 6.80. The third-order valence-corrected chi connectivity index (χ3v) is 3.63. The molecule has 8 heteroatoms. The molecule has 0 saturated carbocycles. The normalized spacial score (nSPS) is 12.7. The number of nitrogens with zero attached hydrogens (tertiary/aromatic N) is 4. The fourth-order valence-corrected chi connectivity index (χ4v) is 2.29. The SMILES string of the molecule is CCCC(CBr)Cn1nc([N+](=O)[O-])nc1Br. The van der Waals surface area contributed by atoms with Crippen molar-refractivity contribution in [3.05, 3.63) is 14.8 Å². The largest absolute Gasteiger partial charge is 0.492 e. The van der Waals surface area contributed by atoms with Crippen LogP contribution in [0.1, 0.15) is 19.8 Å². The number of halogens is 2. The Balaban J connectivity index is 2.75. The highest BCUT2D eigenvalue weighted by Crippen LogP contribution is 2.17. The quantitative estimate of drug-likeness (QED) is 0.446. The molecule has 16 heavy (non-hydrogen) atoms. The summed E-state index contributed by atoms with van der Waals surface area (Å²) in [4.78, 5) is 13.6. The number of nitro groups is 1. The van der Waals surface area contributed by atoms with E-state index in [1.807, 2.05) is 0 Å². The van der Waals surface area contributed by atoms with Crippen molar-refractivity contribution in [2.24, 2.45) is 5.92 Å². The van der Waals surface area contributed by atoms with Crippen molar-refractivity contribution in [2.45, 2.75) is 26.3 Å². The van der Waals surface area contributed by atoms with Gasteiger partial charge in [-0.25, -0.2) is 0 Å². The fraction of sp³-hybridized carbons (Fsp3) is 0.750. The molecule has 0 spiro atoms. The molecule has 0 fully saturated rings. The van der Waals surface area contributed by atoms with E-state index in [4.69, 9.17) is 0 Å². The highest BCUT2D eigenvalue weighted by molar-refractivity contribution is 9.10. The summed E-state index contributed by atoms with van der Waals surface area (Å²) in [6.45, 7) is 2.73. The zero-order chi connectivity index (χ0) is 12.1. The molecule has 0 N–H and O–H groups in total. The van der Waals surface area contributed by atoms with Crippen molar-refractivity contribution in [1.29, 1.82) is 0 Å². The minimum absolute atomic E-state index is 0.364. The second-order valence-electron chi connectivity index (χ2n) is 3.43. The fourth-order valence-electron chi connectivity index (χ4n) is 1.38. The molecule has 1 aromatic rings. The van der Waals surface area contributed by atoms with Crippen LogP contribution < -0.4 is 0 Å². The van der Waals surface area contributed by atoms with E-state index < -0.39 is 4.92 Å². The van der Waals surface area contributed by atoms with Gasteiger partial charge in [-0.2, -0.15) is 4.68 Å². The van der Waals surface area contributed by atoms with Gasteiger partial charge in [-0.3, -0.25) is 0 Å². The summed E-state index contributed by atoms with van der Waals surface area (Å²) in [7, 11) is 0. The van der Waals surface area contributed by atoms with Crippen molar-refractivity contribution in [3.63, 3.8) is 0 Å². The zero-order valence-corrected chi connectivity index (χ0v) is 11.9. The molecule has 1 aromatic heterocycles. The van der Waals surface area contributed by atoms with Crippen LogP contribution in [0.5, 0.6) is 0 Å². The average molecular weight is 356 g/mol. The number of alkyl halides is 1. The minimum atomic E-state index is -0.593. The van der Waals surface area contributed by atoms with Gasteiger partial charge in [0.1, 0.15) is 0 Å². The van der Waals surface area contributed by atoms with Crippen molar-refractivity contribution in [1.82, 2.24) is 14.8 Å². The van der Waals surface area contributed by atoms with E-state index >= 15 is 0 Å². The van der Waals surface area contributed by atoms with Gasteiger partial charge in [0, 0.05) is 26.4 Å². The standard InChI is InChI=1S/C8H12Br2N4O2/c1-2-3-6(4-9)5-13-7(10)11-8(12-13)14(15)16/h6H,2-5H2,1H3. The number of hydrogen-bond donors (Lipinski definition) is 0. The van der Waals surface area contributed by atoms with Gasteiger partial charge in [-0.1, -0.05) is 29.3 Å². The van der Waals surface area contributed by atoms with E-state index in [-0.39, 0.29) is 5.95 Å². The number of rotatable bonds is 6. The van der Waals surface area contributed by atoms with Crippen LogP contribution in [0.4, 0.5) is 5.95 Å². The molecule has 0 aliphatic heterocycles.